The summed E-state index contributed by atoms with van der Waals surface area (Å²) in [5, 5.41) is 0. The minimum absolute atomic E-state index is 0. The van der Waals surface area contributed by atoms with E-state index in [1.165, 1.54) is 0 Å². The summed E-state index contributed by atoms with van der Waals surface area (Å²) in [6.45, 7) is 2.22. The van der Waals surface area contributed by atoms with Crippen LogP contribution in [0.4, 0.5) is 0 Å². The summed E-state index contributed by atoms with van der Waals surface area (Å²) in [6.07, 6.45) is 1.88. The van der Waals surface area contributed by atoms with E-state index in [9.17, 15) is 21.4 Å². The summed E-state index contributed by atoms with van der Waals surface area (Å²) < 4.78 is 54.2. The molecule has 0 aromatic carbocycles. The van der Waals surface area contributed by atoms with Gasteiger partial charge in [-0.15, -0.1) is 0 Å². The normalized spacial score (nSPS) is 18.1. The number of rotatable bonds is 3. The molecule has 1 aliphatic rings. The molecular formula is C7H15NaO6S2. The van der Waals surface area contributed by atoms with Crippen molar-refractivity contribution in [3.8, 4) is 0 Å². The second-order valence-electron chi connectivity index (χ2n) is 3.05. The summed E-state index contributed by atoms with van der Waals surface area (Å²) in [4.78, 5) is 0. The first-order chi connectivity index (χ1) is 6.77. The average molecular weight is 282 g/mol. The van der Waals surface area contributed by atoms with Gasteiger partial charge in [0.25, 0.3) is 10.1 Å². The van der Waals surface area contributed by atoms with Crippen LogP contribution in [0.5, 0.6) is 0 Å². The maximum absolute atomic E-state index is 10.2. The molecule has 1 aliphatic heterocycles. The first-order valence-corrected chi connectivity index (χ1v) is 7.73. The molecule has 0 N–H and O–H groups in total. The molecule has 1 heterocycles. The molecule has 0 aromatic rings. The fourth-order valence-corrected chi connectivity index (χ4v) is 2.40. The molecule has 0 aromatic heterocycles. The van der Waals surface area contributed by atoms with Crippen molar-refractivity contribution in [2.24, 2.45) is 0 Å². The minimum Gasteiger partial charge on any atom is -0.748 e. The van der Waals surface area contributed by atoms with E-state index in [-0.39, 0.29) is 41.1 Å². The van der Waals surface area contributed by atoms with Gasteiger partial charge in [0.2, 0.25) is 0 Å². The molecule has 9 heteroatoms. The van der Waals surface area contributed by atoms with Crippen LogP contribution in [0.2, 0.25) is 0 Å². The van der Waals surface area contributed by atoms with Crippen LogP contribution in [0.15, 0.2) is 0 Å². The van der Waals surface area contributed by atoms with Crippen LogP contribution in [-0.4, -0.2) is 39.5 Å². The van der Waals surface area contributed by atoms with Crippen molar-refractivity contribution in [1.82, 2.24) is 0 Å². The van der Waals surface area contributed by atoms with Crippen LogP contribution in [0.1, 0.15) is 26.2 Å². The van der Waals surface area contributed by atoms with Gasteiger partial charge in [-0.2, -0.15) is 8.42 Å². The second-order valence-corrected chi connectivity index (χ2v) is 6.34. The van der Waals surface area contributed by atoms with Crippen molar-refractivity contribution >= 4 is 20.2 Å². The first-order valence-electron chi connectivity index (χ1n) is 4.57. The number of hydrogen-bond acceptors (Lipinski definition) is 6. The smallest absolute Gasteiger partial charge is 0.748 e. The quantitative estimate of drug-likeness (QED) is 0.312. The van der Waals surface area contributed by atoms with Gasteiger partial charge in [-0.3, -0.25) is 4.18 Å². The Labute approximate surface area is 119 Å². The van der Waals surface area contributed by atoms with Crippen LogP contribution >= 0.6 is 0 Å². The zero-order chi connectivity index (χ0) is 11.9. The van der Waals surface area contributed by atoms with Gasteiger partial charge >= 0.3 is 29.6 Å². The standard InChI is InChI=1S/C4H10O3S.C3H6O3S.Na/c1-2-3-4-8(5,6)7;4-7(5)3-1-2-6-7;/h2-4H2,1H3,(H,5,6,7);1-3H2;/q;;+1/p-1. The predicted molar refractivity (Wildman–Crippen MR) is 53.8 cm³/mol. The molecule has 0 saturated carbocycles. The summed E-state index contributed by atoms with van der Waals surface area (Å²) >= 11 is 0. The molecule has 1 rings (SSSR count). The molecule has 1 saturated heterocycles. The zero-order valence-corrected chi connectivity index (χ0v) is 13.1. The molecule has 0 unspecified atom stereocenters. The molecule has 1 fully saturated rings. The topological polar surface area (TPSA) is 101 Å². The largest absolute Gasteiger partial charge is 1.00 e. The van der Waals surface area contributed by atoms with Gasteiger partial charge in [-0.05, 0) is 12.8 Å². The van der Waals surface area contributed by atoms with Crippen molar-refractivity contribution in [1.29, 1.82) is 0 Å². The molecule has 0 radical (unpaired) electrons. The zero-order valence-electron chi connectivity index (χ0n) is 9.51. The third-order valence-corrected chi connectivity index (χ3v) is 3.65. The molecule has 0 atom stereocenters. The van der Waals surface area contributed by atoms with Crippen molar-refractivity contribution in [2.75, 3.05) is 18.1 Å². The van der Waals surface area contributed by atoms with Crippen molar-refractivity contribution < 1.29 is 55.1 Å². The Morgan fingerprint density at radius 1 is 1.38 bits per heavy atom. The summed E-state index contributed by atoms with van der Waals surface area (Å²) in [5.74, 6) is -0.0174. The maximum atomic E-state index is 10.2. The SMILES string of the molecule is CCCCS(=O)(=O)[O-].O=S1(=O)CCCO1.[Na+]. The Hall–Kier alpha value is 0.820. The molecule has 0 spiro atoms. The first kappa shape index (κ1) is 19.2. The molecule has 92 valence electrons. The van der Waals surface area contributed by atoms with Gasteiger partial charge in [-0.25, -0.2) is 8.42 Å². The van der Waals surface area contributed by atoms with E-state index < -0.39 is 20.2 Å². The fourth-order valence-electron chi connectivity index (χ4n) is 0.802. The maximum Gasteiger partial charge on any atom is 1.00 e. The van der Waals surface area contributed by atoms with Crippen molar-refractivity contribution in [2.45, 2.75) is 26.2 Å². The van der Waals surface area contributed by atoms with Crippen LogP contribution in [0, 0.1) is 0 Å². The van der Waals surface area contributed by atoms with Crippen LogP contribution < -0.4 is 29.6 Å². The molecule has 16 heavy (non-hydrogen) atoms. The molecule has 6 nitrogen and oxygen atoms in total. The Kier molecular flexibility index (Phi) is 10.6. The van der Waals surface area contributed by atoms with E-state index in [2.05, 4.69) is 4.18 Å². The van der Waals surface area contributed by atoms with Gasteiger partial charge in [0, 0.05) is 5.75 Å². The van der Waals surface area contributed by atoms with Gasteiger partial charge in [0.1, 0.15) is 0 Å². The molecule has 0 amide bonds. The van der Waals surface area contributed by atoms with E-state index in [1.54, 1.807) is 0 Å². The van der Waals surface area contributed by atoms with E-state index >= 15 is 0 Å². The van der Waals surface area contributed by atoms with Crippen LogP contribution in [0.25, 0.3) is 0 Å². The minimum atomic E-state index is -3.94. The molecule has 0 aliphatic carbocycles. The Balaban J connectivity index is 0. The van der Waals surface area contributed by atoms with Gasteiger partial charge in [0.15, 0.2) is 0 Å². The second kappa shape index (κ2) is 8.84. The van der Waals surface area contributed by atoms with Gasteiger partial charge in [0.05, 0.1) is 22.5 Å². The Morgan fingerprint density at radius 3 is 2.06 bits per heavy atom. The molecular weight excluding hydrogens is 267 g/mol. The van der Waals surface area contributed by atoms with Crippen molar-refractivity contribution in [3.05, 3.63) is 0 Å². The Bertz CT molecular complexity index is 348. The fraction of sp³-hybridized carbons (Fsp3) is 1.00. The average Bonchev–Trinajstić information content (AvgIpc) is 2.46. The Morgan fingerprint density at radius 2 is 1.94 bits per heavy atom. The molecule has 0 bridgehead atoms. The van der Waals surface area contributed by atoms with E-state index in [0.717, 1.165) is 6.42 Å². The van der Waals surface area contributed by atoms with Gasteiger partial charge < -0.3 is 4.55 Å². The van der Waals surface area contributed by atoms with Gasteiger partial charge in [-0.1, -0.05) is 13.3 Å². The van der Waals surface area contributed by atoms with E-state index in [0.29, 0.717) is 19.4 Å². The third-order valence-electron chi connectivity index (χ3n) is 1.55. The van der Waals surface area contributed by atoms with Crippen molar-refractivity contribution in [3.63, 3.8) is 0 Å². The monoisotopic (exact) mass is 282 g/mol. The van der Waals surface area contributed by atoms with E-state index in [4.69, 9.17) is 0 Å². The van der Waals surface area contributed by atoms with Crippen LogP contribution in [0.3, 0.4) is 0 Å². The third kappa shape index (κ3) is 12.9. The summed E-state index contributed by atoms with van der Waals surface area (Å²) in [6, 6.07) is 0. The predicted octanol–water partition coefficient (Wildman–Crippen LogP) is -2.93. The number of hydrogen-bond donors (Lipinski definition) is 0. The van der Waals surface area contributed by atoms with E-state index in [1.807, 2.05) is 6.92 Å². The van der Waals surface area contributed by atoms with Crippen LogP contribution in [-0.2, 0) is 24.4 Å². The summed E-state index contributed by atoms with van der Waals surface area (Å²) in [7, 11) is -6.98. The summed E-state index contributed by atoms with van der Waals surface area (Å²) in [5.41, 5.74) is 0. The number of unbranched alkanes of at least 4 members (excludes halogenated alkanes) is 1.